The van der Waals surface area contributed by atoms with Crippen LogP contribution < -0.4 is 5.32 Å². The molecule has 1 unspecified atom stereocenters. The van der Waals surface area contributed by atoms with Crippen LogP contribution in [0, 0.1) is 2.88 Å². The van der Waals surface area contributed by atoms with Crippen LogP contribution in [0.3, 0.4) is 0 Å². The molecule has 1 aliphatic rings. The summed E-state index contributed by atoms with van der Waals surface area (Å²) in [6.07, 6.45) is 3.83. The Morgan fingerprint density at radius 1 is 1.47 bits per heavy atom. The molecular weight excluding hydrogens is 371 g/mol. The van der Waals surface area contributed by atoms with Crippen molar-refractivity contribution in [2.45, 2.75) is 25.3 Å². The lowest BCUT2D eigenvalue weighted by Crippen LogP contribution is -2.28. The third-order valence-electron chi connectivity index (χ3n) is 3.40. The average molecular weight is 394 g/mol. The molecule has 0 radical (unpaired) electrons. The maximum Gasteiger partial charge on any atom is 0.0659 e. The second-order valence-corrected chi connectivity index (χ2v) is 8.27. The topological polar surface area (TPSA) is 24.5 Å². The molecule has 0 amide bonds. The number of thiophene rings is 1. The molecule has 19 heavy (non-hydrogen) atoms. The number of rotatable bonds is 7. The second kappa shape index (κ2) is 7.93. The van der Waals surface area contributed by atoms with Gasteiger partial charge in [0.15, 0.2) is 0 Å². The van der Waals surface area contributed by atoms with Gasteiger partial charge in [-0.15, -0.1) is 11.3 Å². The summed E-state index contributed by atoms with van der Waals surface area (Å²) in [5.74, 6) is 0. The SMILES string of the molecule is CN(C)CCOCCNC1CCCc2sc(I)cc21. The van der Waals surface area contributed by atoms with Crippen molar-refractivity contribution in [2.24, 2.45) is 0 Å². The van der Waals surface area contributed by atoms with Crippen LogP contribution in [0.25, 0.3) is 0 Å². The molecule has 1 aromatic heterocycles. The highest BCUT2D eigenvalue weighted by Gasteiger charge is 2.21. The summed E-state index contributed by atoms with van der Waals surface area (Å²) in [6, 6.07) is 2.89. The van der Waals surface area contributed by atoms with Gasteiger partial charge in [0, 0.05) is 24.0 Å². The average Bonchev–Trinajstić information content (AvgIpc) is 2.74. The number of fused-ring (bicyclic) bond motifs is 1. The largest absolute Gasteiger partial charge is 0.379 e. The predicted octanol–water partition coefficient (Wildman–Crippen LogP) is 2.90. The van der Waals surface area contributed by atoms with Crippen molar-refractivity contribution < 1.29 is 4.74 Å². The van der Waals surface area contributed by atoms with Crippen LogP contribution in [0.15, 0.2) is 6.07 Å². The fourth-order valence-corrected chi connectivity index (χ4v) is 4.51. The molecule has 0 bridgehead atoms. The minimum Gasteiger partial charge on any atom is -0.379 e. The predicted molar refractivity (Wildman–Crippen MR) is 90.1 cm³/mol. The van der Waals surface area contributed by atoms with Gasteiger partial charge in [-0.2, -0.15) is 0 Å². The van der Waals surface area contributed by atoms with Gasteiger partial charge in [-0.25, -0.2) is 0 Å². The maximum absolute atomic E-state index is 5.63. The van der Waals surface area contributed by atoms with Crippen LogP contribution in [-0.2, 0) is 11.2 Å². The van der Waals surface area contributed by atoms with Gasteiger partial charge >= 0.3 is 0 Å². The van der Waals surface area contributed by atoms with E-state index in [1.165, 1.54) is 27.7 Å². The highest BCUT2D eigenvalue weighted by Crippen LogP contribution is 2.36. The summed E-state index contributed by atoms with van der Waals surface area (Å²) in [5.41, 5.74) is 1.54. The lowest BCUT2D eigenvalue weighted by atomic mass is 9.94. The molecule has 0 aliphatic heterocycles. The van der Waals surface area contributed by atoms with Gasteiger partial charge in [0.25, 0.3) is 0 Å². The van der Waals surface area contributed by atoms with E-state index in [1.807, 2.05) is 11.3 Å². The molecule has 1 aliphatic carbocycles. The molecule has 3 nitrogen and oxygen atoms in total. The molecule has 108 valence electrons. The van der Waals surface area contributed by atoms with E-state index in [0.717, 1.165) is 26.3 Å². The molecule has 5 heteroatoms. The van der Waals surface area contributed by atoms with Gasteiger partial charge < -0.3 is 15.0 Å². The third kappa shape index (κ3) is 4.97. The maximum atomic E-state index is 5.63. The zero-order valence-corrected chi connectivity index (χ0v) is 14.7. The van der Waals surface area contributed by atoms with E-state index in [4.69, 9.17) is 4.74 Å². The van der Waals surface area contributed by atoms with Crippen LogP contribution >= 0.6 is 33.9 Å². The van der Waals surface area contributed by atoms with Crippen LogP contribution in [-0.4, -0.2) is 45.3 Å². The first kappa shape index (κ1) is 15.7. The molecule has 1 heterocycles. The van der Waals surface area contributed by atoms with Crippen LogP contribution in [0.5, 0.6) is 0 Å². The van der Waals surface area contributed by atoms with Crippen molar-refractivity contribution in [2.75, 3.05) is 40.4 Å². The summed E-state index contributed by atoms with van der Waals surface area (Å²) in [4.78, 5) is 3.73. The number of halogens is 1. The van der Waals surface area contributed by atoms with E-state index in [0.29, 0.717) is 6.04 Å². The fourth-order valence-electron chi connectivity index (χ4n) is 2.39. The molecule has 0 fully saturated rings. The summed E-state index contributed by atoms with van der Waals surface area (Å²) < 4.78 is 7.04. The Kier molecular flexibility index (Phi) is 6.55. The summed E-state index contributed by atoms with van der Waals surface area (Å²) in [7, 11) is 4.15. The van der Waals surface area contributed by atoms with Crippen molar-refractivity contribution in [1.29, 1.82) is 0 Å². The number of hydrogen-bond acceptors (Lipinski definition) is 4. The molecule has 0 saturated heterocycles. The quantitative estimate of drug-likeness (QED) is 0.569. The summed E-state index contributed by atoms with van der Waals surface area (Å²) in [5, 5.41) is 3.64. The zero-order chi connectivity index (χ0) is 13.7. The molecule has 0 saturated carbocycles. The lowest BCUT2D eigenvalue weighted by Gasteiger charge is -2.23. The zero-order valence-electron chi connectivity index (χ0n) is 11.7. The van der Waals surface area contributed by atoms with E-state index in [9.17, 15) is 0 Å². The number of nitrogens with zero attached hydrogens (tertiary/aromatic N) is 1. The first-order valence-corrected chi connectivity index (χ1v) is 8.80. The van der Waals surface area contributed by atoms with Gasteiger partial charge in [0.2, 0.25) is 0 Å². The first-order chi connectivity index (χ1) is 9.16. The highest BCUT2D eigenvalue weighted by atomic mass is 127. The Labute approximate surface area is 133 Å². The normalized spacial score (nSPS) is 18.8. The Hall–Kier alpha value is 0.310. The van der Waals surface area contributed by atoms with Gasteiger partial charge in [0.1, 0.15) is 0 Å². The fraction of sp³-hybridized carbons (Fsp3) is 0.714. The smallest absolute Gasteiger partial charge is 0.0659 e. The number of hydrogen-bond donors (Lipinski definition) is 1. The highest BCUT2D eigenvalue weighted by molar-refractivity contribution is 14.1. The first-order valence-electron chi connectivity index (χ1n) is 6.91. The Bertz CT molecular complexity index is 395. The number of nitrogens with one attached hydrogen (secondary N) is 1. The minimum atomic E-state index is 0.543. The molecular formula is C14H23IN2OS. The van der Waals surface area contributed by atoms with E-state index < -0.39 is 0 Å². The van der Waals surface area contributed by atoms with Gasteiger partial charge in [-0.3, -0.25) is 0 Å². The molecule has 1 aromatic rings. The van der Waals surface area contributed by atoms with Gasteiger partial charge in [-0.1, -0.05) is 0 Å². The van der Waals surface area contributed by atoms with Crippen LogP contribution in [0.2, 0.25) is 0 Å². The summed E-state index contributed by atoms with van der Waals surface area (Å²) in [6.45, 7) is 3.57. The monoisotopic (exact) mass is 394 g/mol. The molecule has 1 atom stereocenters. The van der Waals surface area contributed by atoms with E-state index >= 15 is 0 Å². The van der Waals surface area contributed by atoms with Crippen molar-refractivity contribution in [1.82, 2.24) is 10.2 Å². The number of ether oxygens (including phenoxy) is 1. The van der Waals surface area contributed by atoms with Crippen molar-refractivity contribution in [3.63, 3.8) is 0 Å². The Balaban J connectivity index is 1.69. The van der Waals surface area contributed by atoms with E-state index in [2.05, 4.69) is 53.0 Å². The molecule has 2 rings (SSSR count). The van der Waals surface area contributed by atoms with Crippen molar-refractivity contribution in [3.05, 3.63) is 19.4 Å². The Morgan fingerprint density at radius 2 is 2.32 bits per heavy atom. The van der Waals surface area contributed by atoms with E-state index in [1.54, 1.807) is 4.88 Å². The van der Waals surface area contributed by atoms with Crippen LogP contribution in [0.4, 0.5) is 0 Å². The number of likely N-dealkylation sites (N-methyl/N-ethyl adjacent to an activating group) is 1. The van der Waals surface area contributed by atoms with Crippen molar-refractivity contribution >= 4 is 33.9 Å². The molecule has 1 N–H and O–H groups in total. The van der Waals surface area contributed by atoms with E-state index in [-0.39, 0.29) is 0 Å². The molecule has 0 spiro atoms. The third-order valence-corrected chi connectivity index (χ3v) is 5.37. The van der Waals surface area contributed by atoms with Crippen LogP contribution in [0.1, 0.15) is 29.3 Å². The second-order valence-electron chi connectivity index (χ2n) is 5.24. The minimum absolute atomic E-state index is 0.543. The summed E-state index contributed by atoms with van der Waals surface area (Å²) >= 11 is 4.39. The van der Waals surface area contributed by atoms with Crippen molar-refractivity contribution in [3.8, 4) is 0 Å². The lowest BCUT2D eigenvalue weighted by molar-refractivity contribution is 0.117. The van der Waals surface area contributed by atoms with Gasteiger partial charge in [-0.05, 0) is 67.6 Å². The van der Waals surface area contributed by atoms with Gasteiger partial charge in [0.05, 0.1) is 16.1 Å². The number of aryl methyl sites for hydroxylation is 1. The molecule has 0 aromatic carbocycles. The Morgan fingerprint density at radius 3 is 3.11 bits per heavy atom. The standard InChI is InChI=1S/C14H23IN2OS/c1-17(2)7-9-18-8-6-16-12-4-3-5-13-11(12)10-14(15)19-13/h10,12,16H,3-9H2,1-2H3.